The number of methoxy groups -OCH3 is 2. The summed E-state index contributed by atoms with van der Waals surface area (Å²) in [6.45, 7) is -1.03. The Balaban J connectivity index is 2.22. The molecule has 0 N–H and O–H groups in total. The van der Waals surface area contributed by atoms with E-state index in [-0.39, 0.29) is 17.3 Å². The van der Waals surface area contributed by atoms with Crippen molar-refractivity contribution in [2.75, 3.05) is 14.2 Å². The van der Waals surface area contributed by atoms with E-state index in [1.807, 2.05) is 13.0 Å². The topological polar surface area (TPSA) is 44.8 Å². The minimum atomic E-state index is -2.94. The predicted molar refractivity (Wildman–Crippen MR) is 90.7 cm³/mol. The van der Waals surface area contributed by atoms with Gasteiger partial charge < -0.3 is 14.2 Å². The maximum Gasteiger partial charge on any atom is 0.387 e. The van der Waals surface area contributed by atoms with E-state index >= 15 is 0 Å². The lowest BCUT2D eigenvalue weighted by molar-refractivity contribution is -0.0512. The molecule has 0 atom stereocenters. The molecule has 0 saturated carbocycles. The maximum atomic E-state index is 12.4. The summed E-state index contributed by atoms with van der Waals surface area (Å²) in [6.07, 6.45) is 2.95. The summed E-state index contributed by atoms with van der Waals surface area (Å²) < 4.78 is 39.3. The van der Waals surface area contributed by atoms with Gasteiger partial charge in [-0.3, -0.25) is 4.79 Å². The fourth-order valence-corrected chi connectivity index (χ4v) is 2.24. The molecule has 25 heavy (non-hydrogen) atoms. The fourth-order valence-electron chi connectivity index (χ4n) is 2.24. The number of carbonyl (C=O) groups is 1. The van der Waals surface area contributed by atoms with Crippen molar-refractivity contribution in [1.29, 1.82) is 0 Å². The van der Waals surface area contributed by atoms with E-state index in [4.69, 9.17) is 9.47 Å². The minimum absolute atomic E-state index is 0.0684. The molecule has 0 bridgehead atoms. The second-order valence-electron chi connectivity index (χ2n) is 5.19. The van der Waals surface area contributed by atoms with Crippen LogP contribution in [-0.4, -0.2) is 26.6 Å². The number of benzene rings is 2. The summed E-state index contributed by atoms with van der Waals surface area (Å²) in [5.41, 5.74) is 2.03. The first-order valence-electron chi connectivity index (χ1n) is 7.44. The van der Waals surface area contributed by atoms with Crippen molar-refractivity contribution in [3.05, 3.63) is 59.2 Å². The van der Waals surface area contributed by atoms with E-state index in [9.17, 15) is 13.6 Å². The predicted octanol–water partition coefficient (Wildman–Crippen LogP) is 4.51. The number of alkyl halides is 2. The Hall–Kier alpha value is -2.89. The highest BCUT2D eigenvalue weighted by Crippen LogP contribution is 2.30. The maximum absolute atomic E-state index is 12.4. The number of ether oxygens (including phenoxy) is 3. The molecule has 0 spiro atoms. The van der Waals surface area contributed by atoms with Gasteiger partial charge in [-0.05, 0) is 48.4 Å². The first-order chi connectivity index (χ1) is 11.9. The number of halogens is 2. The van der Waals surface area contributed by atoms with Crippen LogP contribution in [0.3, 0.4) is 0 Å². The largest absolute Gasteiger partial charge is 0.496 e. The molecule has 6 heteroatoms. The fraction of sp³-hybridized carbons (Fsp3) is 0.211. The standard InChI is InChI=1S/C19H18F2O4/c1-12-4-7-14(17(10-12)23-2)15(22)8-5-13-6-9-16(25-19(20)21)18(11-13)24-3/h4-11,19H,1-3H3/b8-5+. The lowest BCUT2D eigenvalue weighted by Gasteiger charge is -2.10. The molecule has 0 amide bonds. The van der Waals surface area contributed by atoms with Crippen LogP contribution in [0.4, 0.5) is 8.78 Å². The molecule has 2 aromatic carbocycles. The third kappa shape index (κ3) is 4.79. The molecule has 2 aromatic rings. The zero-order valence-corrected chi connectivity index (χ0v) is 14.1. The van der Waals surface area contributed by atoms with Crippen LogP contribution in [0, 0.1) is 6.92 Å². The summed E-state index contributed by atoms with van der Waals surface area (Å²) in [7, 11) is 2.85. The highest BCUT2D eigenvalue weighted by molar-refractivity contribution is 6.08. The van der Waals surface area contributed by atoms with Crippen LogP contribution in [0.15, 0.2) is 42.5 Å². The molecular weight excluding hydrogens is 330 g/mol. The Bertz CT molecular complexity index is 785. The van der Waals surface area contributed by atoms with E-state index in [1.54, 1.807) is 24.3 Å². The highest BCUT2D eigenvalue weighted by Gasteiger charge is 2.12. The molecule has 132 valence electrons. The Labute approximate surface area is 144 Å². The van der Waals surface area contributed by atoms with Gasteiger partial charge in [0, 0.05) is 0 Å². The van der Waals surface area contributed by atoms with E-state index < -0.39 is 6.61 Å². The van der Waals surface area contributed by atoms with Crippen molar-refractivity contribution in [1.82, 2.24) is 0 Å². The molecule has 0 saturated heterocycles. The van der Waals surface area contributed by atoms with E-state index in [1.165, 1.54) is 32.4 Å². The monoisotopic (exact) mass is 348 g/mol. The van der Waals surface area contributed by atoms with Crippen LogP contribution in [0.2, 0.25) is 0 Å². The molecule has 0 aliphatic heterocycles. The van der Waals surface area contributed by atoms with Crippen molar-refractivity contribution >= 4 is 11.9 Å². The number of aryl methyl sites for hydroxylation is 1. The van der Waals surface area contributed by atoms with Gasteiger partial charge in [0.25, 0.3) is 0 Å². The molecule has 0 heterocycles. The summed E-state index contributed by atoms with van der Waals surface area (Å²) in [5, 5.41) is 0. The zero-order valence-electron chi connectivity index (χ0n) is 14.1. The van der Waals surface area contributed by atoms with Gasteiger partial charge in [-0.15, -0.1) is 0 Å². The quantitative estimate of drug-likeness (QED) is 0.545. The van der Waals surface area contributed by atoms with Gasteiger partial charge in [0.2, 0.25) is 0 Å². The Morgan fingerprint density at radius 2 is 1.72 bits per heavy atom. The van der Waals surface area contributed by atoms with Crippen molar-refractivity contribution in [2.24, 2.45) is 0 Å². The third-order valence-electron chi connectivity index (χ3n) is 3.45. The second kappa shape index (κ2) is 8.28. The molecule has 0 unspecified atom stereocenters. The Morgan fingerprint density at radius 3 is 2.36 bits per heavy atom. The number of carbonyl (C=O) groups excluding carboxylic acids is 1. The SMILES string of the molecule is COc1cc(/C=C/C(=O)c2ccc(C)cc2OC)ccc1OC(F)F. The van der Waals surface area contributed by atoms with Crippen LogP contribution in [-0.2, 0) is 0 Å². The number of allylic oxidation sites excluding steroid dienone is 1. The molecule has 0 aliphatic carbocycles. The van der Waals surface area contributed by atoms with Crippen molar-refractivity contribution < 1.29 is 27.8 Å². The normalized spacial score (nSPS) is 11.0. The van der Waals surface area contributed by atoms with E-state index in [0.717, 1.165) is 5.56 Å². The third-order valence-corrected chi connectivity index (χ3v) is 3.45. The van der Waals surface area contributed by atoms with Crippen LogP contribution in [0.25, 0.3) is 6.08 Å². The Morgan fingerprint density at radius 1 is 1.00 bits per heavy atom. The first-order valence-corrected chi connectivity index (χ1v) is 7.44. The lowest BCUT2D eigenvalue weighted by atomic mass is 10.1. The van der Waals surface area contributed by atoms with Crippen LogP contribution in [0.5, 0.6) is 17.2 Å². The van der Waals surface area contributed by atoms with Gasteiger partial charge in [-0.1, -0.05) is 18.2 Å². The van der Waals surface area contributed by atoms with Crippen LogP contribution >= 0.6 is 0 Å². The number of hydrogen-bond acceptors (Lipinski definition) is 4. The van der Waals surface area contributed by atoms with Gasteiger partial charge >= 0.3 is 6.61 Å². The molecule has 0 radical (unpaired) electrons. The zero-order chi connectivity index (χ0) is 18.4. The average Bonchev–Trinajstić information content (AvgIpc) is 2.59. The summed E-state index contributed by atoms with van der Waals surface area (Å²) in [4.78, 5) is 12.4. The van der Waals surface area contributed by atoms with Crippen molar-refractivity contribution in [3.63, 3.8) is 0 Å². The van der Waals surface area contributed by atoms with Crippen LogP contribution < -0.4 is 14.2 Å². The van der Waals surface area contributed by atoms with Gasteiger partial charge in [0.1, 0.15) is 5.75 Å². The molecule has 0 fully saturated rings. The number of rotatable bonds is 7. The van der Waals surface area contributed by atoms with Gasteiger partial charge in [0.15, 0.2) is 17.3 Å². The molecule has 4 nitrogen and oxygen atoms in total. The molecule has 0 aromatic heterocycles. The highest BCUT2D eigenvalue weighted by atomic mass is 19.3. The van der Waals surface area contributed by atoms with Crippen molar-refractivity contribution in [3.8, 4) is 17.2 Å². The number of ketones is 1. The van der Waals surface area contributed by atoms with Crippen LogP contribution in [0.1, 0.15) is 21.5 Å². The lowest BCUT2D eigenvalue weighted by Crippen LogP contribution is -2.03. The second-order valence-corrected chi connectivity index (χ2v) is 5.19. The van der Waals surface area contributed by atoms with E-state index in [2.05, 4.69) is 4.74 Å². The summed E-state index contributed by atoms with van der Waals surface area (Å²) in [5.74, 6) is 0.348. The van der Waals surface area contributed by atoms with Gasteiger partial charge in [0.05, 0.1) is 19.8 Å². The molecular formula is C19H18F2O4. The Kier molecular flexibility index (Phi) is 6.11. The summed E-state index contributed by atoms with van der Waals surface area (Å²) in [6, 6.07) is 9.72. The van der Waals surface area contributed by atoms with Gasteiger partial charge in [-0.25, -0.2) is 0 Å². The first kappa shape index (κ1) is 18.4. The smallest absolute Gasteiger partial charge is 0.387 e. The molecule has 2 rings (SSSR count). The van der Waals surface area contributed by atoms with Gasteiger partial charge in [-0.2, -0.15) is 8.78 Å². The minimum Gasteiger partial charge on any atom is -0.496 e. The van der Waals surface area contributed by atoms with Crippen molar-refractivity contribution in [2.45, 2.75) is 13.5 Å². The molecule has 0 aliphatic rings. The average molecular weight is 348 g/mol. The number of hydrogen-bond donors (Lipinski definition) is 0. The van der Waals surface area contributed by atoms with E-state index in [0.29, 0.717) is 16.9 Å². The summed E-state index contributed by atoms with van der Waals surface area (Å²) >= 11 is 0.